The zero-order chi connectivity index (χ0) is 13.9. The van der Waals surface area contributed by atoms with Crippen LogP contribution < -0.4 is 5.32 Å². The summed E-state index contributed by atoms with van der Waals surface area (Å²) in [7, 11) is 1.83. The van der Waals surface area contributed by atoms with Crippen LogP contribution in [-0.2, 0) is 0 Å². The molecule has 0 unspecified atom stereocenters. The van der Waals surface area contributed by atoms with Gasteiger partial charge in [0.2, 0.25) is 0 Å². The van der Waals surface area contributed by atoms with Gasteiger partial charge in [-0.2, -0.15) is 0 Å². The van der Waals surface area contributed by atoms with E-state index in [0.717, 1.165) is 5.69 Å². The third kappa shape index (κ3) is 3.76. The van der Waals surface area contributed by atoms with Crippen molar-refractivity contribution in [1.29, 1.82) is 0 Å². The predicted molar refractivity (Wildman–Crippen MR) is 76.9 cm³/mol. The monoisotopic (exact) mass is 248 g/mol. The van der Waals surface area contributed by atoms with Crippen LogP contribution in [0.5, 0.6) is 0 Å². The van der Waals surface area contributed by atoms with Gasteiger partial charge in [0.15, 0.2) is 0 Å². The second-order valence-corrected chi connectivity index (χ2v) is 5.95. The number of benzene rings is 1. The van der Waals surface area contributed by atoms with Gasteiger partial charge < -0.3 is 10.2 Å². The van der Waals surface area contributed by atoms with Crippen LogP contribution in [-0.4, -0.2) is 24.0 Å². The fourth-order valence-electron chi connectivity index (χ4n) is 1.61. The largest absolute Gasteiger partial charge is 0.324 e. The molecule has 0 bridgehead atoms. The minimum Gasteiger partial charge on any atom is -0.324 e. The second kappa shape index (κ2) is 5.42. The van der Waals surface area contributed by atoms with Crippen LogP contribution in [0.15, 0.2) is 24.3 Å². The Morgan fingerprint density at radius 3 is 2.17 bits per heavy atom. The topological polar surface area (TPSA) is 32.3 Å². The Bertz CT molecular complexity index is 403. The first-order chi connectivity index (χ1) is 8.21. The van der Waals surface area contributed by atoms with E-state index in [0.29, 0.717) is 0 Å². The first-order valence-corrected chi connectivity index (χ1v) is 6.32. The van der Waals surface area contributed by atoms with Crippen LogP contribution in [0.25, 0.3) is 0 Å². The van der Waals surface area contributed by atoms with Crippen LogP contribution >= 0.6 is 0 Å². The molecule has 1 aromatic carbocycles. The maximum atomic E-state index is 12.1. The summed E-state index contributed by atoms with van der Waals surface area (Å²) in [5.74, 6) is 0. The summed E-state index contributed by atoms with van der Waals surface area (Å²) in [6.07, 6.45) is 0. The van der Waals surface area contributed by atoms with Gasteiger partial charge in [-0.3, -0.25) is 0 Å². The van der Waals surface area contributed by atoms with Gasteiger partial charge in [-0.25, -0.2) is 4.79 Å². The number of amides is 2. The molecule has 0 spiro atoms. The van der Waals surface area contributed by atoms with E-state index in [-0.39, 0.29) is 17.5 Å². The smallest absolute Gasteiger partial charge is 0.321 e. The third-order valence-corrected chi connectivity index (χ3v) is 3.46. The van der Waals surface area contributed by atoms with Crippen molar-refractivity contribution in [2.75, 3.05) is 12.4 Å². The van der Waals surface area contributed by atoms with Gasteiger partial charge in [-0.1, -0.05) is 38.5 Å². The predicted octanol–water partition coefficient (Wildman–Crippen LogP) is 3.89. The Kier molecular flexibility index (Phi) is 4.38. The molecule has 0 heterocycles. The van der Waals surface area contributed by atoms with Crippen LogP contribution in [0.2, 0.25) is 0 Å². The highest BCUT2D eigenvalue weighted by atomic mass is 16.2. The molecule has 0 saturated heterocycles. The molecular formula is C15H24N2O. The lowest BCUT2D eigenvalue weighted by Gasteiger charge is -2.35. The Morgan fingerprint density at radius 1 is 1.22 bits per heavy atom. The number of rotatable bonds is 2. The Morgan fingerprint density at radius 2 is 1.72 bits per heavy atom. The summed E-state index contributed by atoms with van der Waals surface area (Å²) in [6, 6.07) is 7.92. The molecular weight excluding hydrogens is 224 g/mol. The average Bonchev–Trinajstić information content (AvgIpc) is 2.29. The molecule has 0 saturated carbocycles. The number of carbonyl (C=O) groups is 1. The molecule has 1 rings (SSSR count). The van der Waals surface area contributed by atoms with E-state index >= 15 is 0 Å². The lowest BCUT2D eigenvalue weighted by Crippen LogP contribution is -2.44. The Balaban J connectivity index is 2.68. The Hall–Kier alpha value is -1.51. The summed E-state index contributed by atoms with van der Waals surface area (Å²) in [4.78, 5) is 13.9. The molecule has 0 aromatic heterocycles. The highest BCUT2D eigenvalue weighted by Gasteiger charge is 2.26. The fourth-order valence-corrected chi connectivity index (χ4v) is 1.61. The quantitative estimate of drug-likeness (QED) is 0.846. The first kappa shape index (κ1) is 14.6. The molecule has 18 heavy (non-hydrogen) atoms. The van der Waals surface area contributed by atoms with Crippen LogP contribution in [0.4, 0.5) is 10.5 Å². The molecule has 1 atom stereocenters. The van der Waals surface area contributed by atoms with Crippen molar-refractivity contribution < 1.29 is 4.79 Å². The molecule has 0 fully saturated rings. The molecule has 0 aliphatic rings. The van der Waals surface area contributed by atoms with Crippen molar-refractivity contribution in [3.63, 3.8) is 0 Å². The maximum absolute atomic E-state index is 12.1. The molecule has 0 aliphatic carbocycles. The van der Waals surface area contributed by atoms with Crippen LogP contribution in [0, 0.1) is 12.3 Å². The minimum atomic E-state index is -0.0683. The number of carbonyl (C=O) groups excluding carboxylic acids is 1. The summed E-state index contributed by atoms with van der Waals surface area (Å²) in [6.45, 7) is 10.5. The number of hydrogen-bond acceptors (Lipinski definition) is 1. The summed E-state index contributed by atoms with van der Waals surface area (Å²) in [5, 5.41) is 2.91. The molecule has 0 radical (unpaired) electrons. The lowest BCUT2D eigenvalue weighted by molar-refractivity contribution is 0.156. The number of anilines is 1. The highest BCUT2D eigenvalue weighted by molar-refractivity contribution is 5.89. The van der Waals surface area contributed by atoms with E-state index < -0.39 is 0 Å². The zero-order valence-electron chi connectivity index (χ0n) is 12.2. The van der Waals surface area contributed by atoms with Crippen molar-refractivity contribution >= 4 is 11.7 Å². The average molecular weight is 248 g/mol. The molecule has 3 nitrogen and oxygen atoms in total. The van der Waals surface area contributed by atoms with Gasteiger partial charge in [0.25, 0.3) is 0 Å². The standard InChI is InChI=1S/C15H24N2O/c1-11-7-9-13(10-8-11)16-14(18)17(6)12(2)15(3,4)5/h7-10,12H,1-6H3,(H,16,18)/t12-/m0/s1. The number of urea groups is 1. The third-order valence-electron chi connectivity index (χ3n) is 3.46. The van der Waals surface area contributed by atoms with E-state index in [2.05, 4.69) is 33.0 Å². The second-order valence-electron chi connectivity index (χ2n) is 5.95. The number of hydrogen-bond donors (Lipinski definition) is 1. The normalized spacial score (nSPS) is 13.0. The van der Waals surface area contributed by atoms with Gasteiger partial charge >= 0.3 is 6.03 Å². The van der Waals surface area contributed by atoms with Gasteiger partial charge in [-0.05, 0) is 31.4 Å². The zero-order valence-corrected chi connectivity index (χ0v) is 12.2. The van der Waals surface area contributed by atoms with Crippen LogP contribution in [0.1, 0.15) is 33.3 Å². The fraction of sp³-hybridized carbons (Fsp3) is 0.533. The first-order valence-electron chi connectivity index (χ1n) is 6.32. The van der Waals surface area contributed by atoms with Crippen molar-refractivity contribution in [1.82, 2.24) is 4.90 Å². The molecule has 100 valence electrons. The lowest BCUT2D eigenvalue weighted by atomic mass is 9.87. The number of aryl methyl sites for hydroxylation is 1. The van der Waals surface area contributed by atoms with Crippen molar-refractivity contribution in [2.24, 2.45) is 5.41 Å². The van der Waals surface area contributed by atoms with Crippen molar-refractivity contribution in [3.8, 4) is 0 Å². The Labute approximate surface area is 110 Å². The summed E-state index contributed by atoms with van der Waals surface area (Å²) in [5.41, 5.74) is 2.09. The van der Waals surface area contributed by atoms with E-state index in [1.165, 1.54) is 5.56 Å². The van der Waals surface area contributed by atoms with E-state index in [1.807, 2.05) is 38.2 Å². The van der Waals surface area contributed by atoms with E-state index in [4.69, 9.17) is 0 Å². The molecule has 2 amide bonds. The van der Waals surface area contributed by atoms with E-state index in [1.54, 1.807) is 4.90 Å². The van der Waals surface area contributed by atoms with Gasteiger partial charge in [-0.15, -0.1) is 0 Å². The SMILES string of the molecule is Cc1ccc(NC(=O)N(C)[C@@H](C)C(C)(C)C)cc1. The van der Waals surface area contributed by atoms with Gasteiger partial charge in [0.1, 0.15) is 0 Å². The van der Waals surface area contributed by atoms with E-state index in [9.17, 15) is 4.79 Å². The van der Waals surface area contributed by atoms with Crippen molar-refractivity contribution in [3.05, 3.63) is 29.8 Å². The molecule has 1 aromatic rings. The highest BCUT2D eigenvalue weighted by Crippen LogP contribution is 2.23. The molecule has 3 heteroatoms. The van der Waals surface area contributed by atoms with Gasteiger partial charge in [0, 0.05) is 18.8 Å². The van der Waals surface area contributed by atoms with Crippen molar-refractivity contribution in [2.45, 2.75) is 40.7 Å². The maximum Gasteiger partial charge on any atom is 0.321 e. The number of nitrogens with zero attached hydrogens (tertiary/aromatic N) is 1. The number of nitrogens with one attached hydrogen (secondary N) is 1. The summed E-state index contributed by atoms with van der Waals surface area (Å²) < 4.78 is 0. The molecule has 0 aliphatic heterocycles. The molecule has 1 N–H and O–H groups in total. The summed E-state index contributed by atoms with van der Waals surface area (Å²) >= 11 is 0. The van der Waals surface area contributed by atoms with Gasteiger partial charge in [0.05, 0.1) is 0 Å². The minimum absolute atomic E-state index is 0.0683. The van der Waals surface area contributed by atoms with Crippen LogP contribution in [0.3, 0.4) is 0 Å².